The minimum absolute atomic E-state index is 0.128. The molecular weight excluding hydrogens is 176 g/mol. The normalized spacial score (nSPS) is 22.4. The Kier molecular flexibility index (Phi) is 2.27. The van der Waals surface area contributed by atoms with Gasteiger partial charge in [0.15, 0.2) is 0 Å². The zero-order chi connectivity index (χ0) is 10.1. The molecule has 0 amide bonds. The van der Waals surface area contributed by atoms with E-state index in [-0.39, 0.29) is 5.76 Å². The van der Waals surface area contributed by atoms with Crippen LogP contribution in [0.3, 0.4) is 0 Å². The average molecular weight is 186 g/mol. The van der Waals surface area contributed by atoms with Gasteiger partial charge in [0, 0.05) is 13.8 Å². The fourth-order valence-corrected chi connectivity index (χ4v) is 0.855. The van der Waals surface area contributed by atoms with Gasteiger partial charge in [-0.25, -0.2) is 9.59 Å². The van der Waals surface area contributed by atoms with Crippen molar-refractivity contribution in [2.75, 3.05) is 7.11 Å². The zero-order valence-electron chi connectivity index (χ0n) is 7.62. The molecule has 0 radical (unpaired) electrons. The molecule has 1 saturated heterocycles. The van der Waals surface area contributed by atoms with Crippen LogP contribution in [-0.4, -0.2) is 24.8 Å². The van der Waals surface area contributed by atoms with Gasteiger partial charge in [0.1, 0.15) is 0 Å². The molecule has 72 valence electrons. The van der Waals surface area contributed by atoms with E-state index in [2.05, 4.69) is 4.74 Å². The van der Waals surface area contributed by atoms with Gasteiger partial charge in [-0.2, -0.15) is 0 Å². The molecule has 13 heavy (non-hydrogen) atoms. The second-order valence-electron chi connectivity index (χ2n) is 2.92. The Morgan fingerprint density at radius 3 is 2.46 bits per heavy atom. The van der Waals surface area contributed by atoms with E-state index < -0.39 is 17.7 Å². The van der Waals surface area contributed by atoms with Gasteiger partial charge in [-0.15, -0.1) is 0 Å². The molecule has 0 aromatic heterocycles. The highest BCUT2D eigenvalue weighted by molar-refractivity contribution is 5.95. The fourth-order valence-electron chi connectivity index (χ4n) is 0.855. The Morgan fingerprint density at radius 1 is 1.46 bits per heavy atom. The van der Waals surface area contributed by atoms with Crippen LogP contribution in [0.4, 0.5) is 0 Å². The predicted molar refractivity (Wildman–Crippen MR) is 41.4 cm³/mol. The molecule has 0 bridgehead atoms. The number of ether oxygens (including phenoxy) is 3. The largest absolute Gasteiger partial charge is 0.466 e. The molecule has 0 aromatic rings. The average Bonchev–Trinajstić information content (AvgIpc) is 2.24. The van der Waals surface area contributed by atoms with Crippen molar-refractivity contribution < 1.29 is 23.8 Å². The Hall–Kier alpha value is -1.52. The van der Waals surface area contributed by atoms with Crippen molar-refractivity contribution in [3.05, 3.63) is 11.8 Å². The quantitative estimate of drug-likeness (QED) is 0.437. The van der Waals surface area contributed by atoms with Crippen molar-refractivity contribution >= 4 is 11.9 Å². The number of methoxy groups -OCH3 is 1. The third kappa shape index (κ3) is 2.21. The molecule has 0 aromatic carbocycles. The Morgan fingerprint density at radius 2 is 2.08 bits per heavy atom. The SMILES string of the molecule is COC(=O)/C=C1\OC(C)(C)OC1=O. The summed E-state index contributed by atoms with van der Waals surface area (Å²) >= 11 is 0. The van der Waals surface area contributed by atoms with Crippen LogP contribution in [0.25, 0.3) is 0 Å². The first-order valence-corrected chi connectivity index (χ1v) is 3.66. The summed E-state index contributed by atoms with van der Waals surface area (Å²) in [5.74, 6) is -2.44. The van der Waals surface area contributed by atoms with Gasteiger partial charge in [0.05, 0.1) is 13.2 Å². The second kappa shape index (κ2) is 3.08. The van der Waals surface area contributed by atoms with E-state index >= 15 is 0 Å². The van der Waals surface area contributed by atoms with Crippen LogP contribution < -0.4 is 0 Å². The lowest BCUT2D eigenvalue weighted by molar-refractivity contribution is -0.159. The Bertz CT molecular complexity index is 276. The highest BCUT2D eigenvalue weighted by Gasteiger charge is 2.37. The number of cyclic esters (lactones) is 1. The van der Waals surface area contributed by atoms with Crippen molar-refractivity contribution in [1.29, 1.82) is 0 Å². The first-order chi connectivity index (χ1) is 5.94. The van der Waals surface area contributed by atoms with Crippen LogP contribution >= 0.6 is 0 Å². The lowest BCUT2D eigenvalue weighted by atomic mass is 10.4. The third-order valence-corrected chi connectivity index (χ3v) is 1.35. The summed E-state index contributed by atoms with van der Waals surface area (Å²) in [6.45, 7) is 3.14. The van der Waals surface area contributed by atoms with E-state index in [0.29, 0.717) is 0 Å². The Balaban J connectivity index is 2.79. The summed E-state index contributed by atoms with van der Waals surface area (Å²) in [7, 11) is 1.21. The fraction of sp³-hybridized carbons (Fsp3) is 0.500. The molecule has 5 heteroatoms. The lowest BCUT2D eigenvalue weighted by Crippen LogP contribution is -2.19. The van der Waals surface area contributed by atoms with Crippen LogP contribution in [0.1, 0.15) is 13.8 Å². The van der Waals surface area contributed by atoms with E-state index in [1.54, 1.807) is 13.8 Å². The molecule has 1 aliphatic rings. The van der Waals surface area contributed by atoms with Crippen molar-refractivity contribution in [2.45, 2.75) is 19.6 Å². The summed E-state index contributed by atoms with van der Waals surface area (Å²) in [5.41, 5.74) is 0. The first-order valence-electron chi connectivity index (χ1n) is 3.66. The molecule has 0 N–H and O–H groups in total. The van der Waals surface area contributed by atoms with E-state index in [1.807, 2.05) is 0 Å². The standard InChI is InChI=1S/C8H10O5/c1-8(2)12-5(7(10)13-8)4-6(9)11-3/h4H,1-3H3/b5-4-. The molecule has 1 fully saturated rings. The molecule has 0 unspecified atom stereocenters. The number of carbonyl (C=O) groups excluding carboxylic acids is 2. The van der Waals surface area contributed by atoms with E-state index in [4.69, 9.17) is 9.47 Å². The molecule has 0 aliphatic carbocycles. The van der Waals surface area contributed by atoms with Gasteiger partial charge in [0.25, 0.3) is 0 Å². The smallest absolute Gasteiger partial charge is 0.377 e. The zero-order valence-corrected chi connectivity index (χ0v) is 7.62. The molecule has 0 spiro atoms. The van der Waals surface area contributed by atoms with Crippen LogP contribution in [0, 0.1) is 0 Å². The van der Waals surface area contributed by atoms with Gasteiger partial charge < -0.3 is 14.2 Å². The Labute approximate surface area is 75.3 Å². The van der Waals surface area contributed by atoms with Crippen LogP contribution in [0.15, 0.2) is 11.8 Å². The van der Waals surface area contributed by atoms with Crippen LogP contribution in [0.5, 0.6) is 0 Å². The highest BCUT2D eigenvalue weighted by Crippen LogP contribution is 2.25. The van der Waals surface area contributed by atoms with Crippen molar-refractivity contribution in [1.82, 2.24) is 0 Å². The molecular formula is C8H10O5. The van der Waals surface area contributed by atoms with Gasteiger partial charge >= 0.3 is 11.9 Å². The topological polar surface area (TPSA) is 61.8 Å². The van der Waals surface area contributed by atoms with Gasteiger partial charge in [-0.05, 0) is 0 Å². The third-order valence-electron chi connectivity index (χ3n) is 1.35. The lowest BCUT2D eigenvalue weighted by Gasteiger charge is -2.13. The van der Waals surface area contributed by atoms with Crippen molar-refractivity contribution in [3.63, 3.8) is 0 Å². The van der Waals surface area contributed by atoms with E-state index in [1.165, 1.54) is 7.11 Å². The number of carbonyl (C=O) groups is 2. The first kappa shape index (κ1) is 9.57. The van der Waals surface area contributed by atoms with Gasteiger partial charge in [-0.1, -0.05) is 0 Å². The molecule has 1 heterocycles. The molecule has 1 rings (SSSR count). The molecule has 0 saturated carbocycles. The number of hydrogen-bond acceptors (Lipinski definition) is 5. The minimum Gasteiger partial charge on any atom is -0.466 e. The maximum absolute atomic E-state index is 11.0. The number of esters is 2. The molecule has 0 atom stereocenters. The predicted octanol–water partition coefficient (Wildman–Crippen LogP) is 0.353. The van der Waals surface area contributed by atoms with Gasteiger partial charge in [0.2, 0.25) is 11.5 Å². The minimum atomic E-state index is -1.00. The number of rotatable bonds is 1. The van der Waals surface area contributed by atoms with Crippen molar-refractivity contribution in [3.8, 4) is 0 Å². The summed E-state index contributed by atoms with van der Waals surface area (Å²) in [4.78, 5) is 21.8. The maximum atomic E-state index is 11.0. The van der Waals surface area contributed by atoms with Crippen LogP contribution in [0.2, 0.25) is 0 Å². The summed E-state index contributed by atoms with van der Waals surface area (Å²) in [6.07, 6.45) is 0.955. The van der Waals surface area contributed by atoms with Crippen LogP contribution in [-0.2, 0) is 23.8 Å². The number of hydrogen-bond donors (Lipinski definition) is 0. The monoisotopic (exact) mass is 186 g/mol. The van der Waals surface area contributed by atoms with Crippen molar-refractivity contribution in [2.24, 2.45) is 0 Å². The summed E-state index contributed by atoms with van der Waals surface area (Å²) in [6, 6.07) is 0. The molecule has 5 nitrogen and oxygen atoms in total. The highest BCUT2D eigenvalue weighted by atomic mass is 16.8. The van der Waals surface area contributed by atoms with E-state index in [9.17, 15) is 9.59 Å². The summed E-state index contributed by atoms with van der Waals surface area (Å²) in [5, 5.41) is 0. The molecule has 1 aliphatic heterocycles. The summed E-state index contributed by atoms with van der Waals surface area (Å²) < 4.78 is 14.1. The maximum Gasteiger partial charge on any atom is 0.377 e. The van der Waals surface area contributed by atoms with E-state index in [0.717, 1.165) is 6.08 Å². The van der Waals surface area contributed by atoms with Gasteiger partial charge in [-0.3, -0.25) is 0 Å². The second-order valence-corrected chi connectivity index (χ2v) is 2.92.